The lowest BCUT2D eigenvalue weighted by atomic mass is 10.0. The molecule has 0 radical (unpaired) electrons. The molecule has 0 aliphatic carbocycles. The second-order valence-electron chi connectivity index (χ2n) is 8.88. The highest BCUT2D eigenvalue weighted by Crippen LogP contribution is 2.20. The van der Waals surface area contributed by atoms with Crippen molar-refractivity contribution in [2.45, 2.75) is 69.1 Å². The highest BCUT2D eigenvalue weighted by molar-refractivity contribution is 5.94. The number of carbonyl (C=O) groups is 6. The molecule has 1 aromatic carbocycles. The number of carboxylic acids is 2. The normalized spacial score (nSPS) is 17.3. The average Bonchev–Trinajstić information content (AvgIpc) is 3.34. The van der Waals surface area contributed by atoms with Gasteiger partial charge in [-0.3, -0.25) is 24.0 Å². The van der Waals surface area contributed by atoms with Gasteiger partial charge in [-0.2, -0.15) is 0 Å². The molecule has 1 fully saturated rings. The van der Waals surface area contributed by atoms with Gasteiger partial charge in [0.05, 0.1) is 6.04 Å². The van der Waals surface area contributed by atoms with Gasteiger partial charge in [0, 0.05) is 25.8 Å². The van der Waals surface area contributed by atoms with Gasteiger partial charge >= 0.3 is 11.9 Å². The number of hydrogen-bond acceptors (Lipinski definition) is 7. The first-order chi connectivity index (χ1) is 17.5. The van der Waals surface area contributed by atoms with E-state index in [1.54, 1.807) is 30.3 Å². The van der Waals surface area contributed by atoms with Gasteiger partial charge in [0.1, 0.15) is 18.1 Å². The van der Waals surface area contributed by atoms with E-state index >= 15 is 0 Å². The summed E-state index contributed by atoms with van der Waals surface area (Å²) in [6.45, 7) is 0.207. The second kappa shape index (κ2) is 13.9. The number of likely N-dealkylation sites (tertiary alicyclic amines) is 1. The molecule has 8 N–H and O–H groups in total. The lowest BCUT2D eigenvalue weighted by Gasteiger charge is -2.30. The zero-order chi connectivity index (χ0) is 27.5. The highest BCUT2D eigenvalue weighted by Gasteiger charge is 2.39. The zero-order valence-corrected chi connectivity index (χ0v) is 20.3. The Morgan fingerprint density at radius 3 is 2.24 bits per heavy atom. The number of rotatable bonds is 14. The highest BCUT2D eigenvalue weighted by atomic mass is 16.4. The van der Waals surface area contributed by atoms with E-state index in [-0.39, 0.29) is 38.6 Å². The van der Waals surface area contributed by atoms with E-state index in [0.717, 1.165) is 5.56 Å². The zero-order valence-electron chi connectivity index (χ0n) is 20.3. The Labute approximate surface area is 213 Å². The molecule has 1 heterocycles. The molecule has 1 aromatic rings. The number of aliphatic carboxylic acids is 2. The van der Waals surface area contributed by atoms with Crippen LogP contribution in [0.3, 0.4) is 0 Å². The summed E-state index contributed by atoms with van der Waals surface area (Å²) in [5, 5.41) is 23.1. The third-order valence-corrected chi connectivity index (χ3v) is 6.04. The standard InChI is InChI=1S/C24H33N5O8/c25-15(8-10-19(26)30)21(33)28-17(13-14-5-2-1-3-6-14)23(35)29-12-4-7-18(29)22(34)27-16(24(36)37)9-11-20(31)32/h1-3,5-6,15-18H,4,7-13,25H2,(H2,26,30)(H,27,34)(H,28,33)(H,31,32)(H,36,37). The number of nitrogens with two attached hydrogens (primary N) is 2. The molecular formula is C24H33N5O8. The average molecular weight is 520 g/mol. The van der Waals surface area contributed by atoms with Crippen LogP contribution in [0.2, 0.25) is 0 Å². The van der Waals surface area contributed by atoms with Gasteiger partial charge in [-0.25, -0.2) is 4.79 Å². The maximum atomic E-state index is 13.5. The van der Waals surface area contributed by atoms with Gasteiger partial charge in [-0.15, -0.1) is 0 Å². The monoisotopic (exact) mass is 519 g/mol. The van der Waals surface area contributed by atoms with Crippen molar-refractivity contribution in [2.75, 3.05) is 6.54 Å². The number of benzene rings is 1. The number of nitrogens with zero attached hydrogens (tertiary/aromatic N) is 1. The van der Waals surface area contributed by atoms with E-state index in [4.69, 9.17) is 16.6 Å². The molecule has 0 spiro atoms. The van der Waals surface area contributed by atoms with E-state index in [2.05, 4.69) is 10.6 Å². The molecule has 4 unspecified atom stereocenters. The molecule has 1 aliphatic heterocycles. The molecule has 1 aliphatic rings. The molecule has 1 saturated heterocycles. The second-order valence-corrected chi connectivity index (χ2v) is 8.88. The predicted octanol–water partition coefficient (Wildman–Crippen LogP) is -1.27. The fourth-order valence-electron chi connectivity index (χ4n) is 4.05. The van der Waals surface area contributed by atoms with Gasteiger partial charge in [0.25, 0.3) is 0 Å². The van der Waals surface area contributed by atoms with Gasteiger partial charge in [0.15, 0.2) is 0 Å². The number of carboxylic acid groups (broad SMARTS) is 2. The third kappa shape index (κ3) is 9.18. The van der Waals surface area contributed by atoms with Crippen LogP contribution in [0.25, 0.3) is 0 Å². The van der Waals surface area contributed by atoms with Crippen molar-refractivity contribution < 1.29 is 39.0 Å². The minimum atomic E-state index is -1.43. The Morgan fingerprint density at radius 1 is 0.973 bits per heavy atom. The Morgan fingerprint density at radius 2 is 1.65 bits per heavy atom. The van der Waals surface area contributed by atoms with Gasteiger partial charge in [-0.1, -0.05) is 30.3 Å². The predicted molar refractivity (Wildman–Crippen MR) is 130 cm³/mol. The maximum absolute atomic E-state index is 13.5. The van der Waals surface area contributed by atoms with E-state index in [9.17, 15) is 33.9 Å². The number of amides is 4. The Kier molecular flexibility index (Phi) is 11.0. The van der Waals surface area contributed by atoms with Gasteiger partial charge in [0.2, 0.25) is 23.6 Å². The van der Waals surface area contributed by atoms with Crippen LogP contribution in [0.5, 0.6) is 0 Å². The lowest BCUT2D eigenvalue weighted by molar-refractivity contribution is -0.145. The van der Waals surface area contributed by atoms with Crippen molar-refractivity contribution in [2.24, 2.45) is 11.5 Å². The topological polar surface area (TPSA) is 222 Å². The van der Waals surface area contributed by atoms with E-state index < -0.39 is 66.2 Å². The third-order valence-electron chi connectivity index (χ3n) is 6.04. The molecule has 4 amide bonds. The van der Waals surface area contributed by atoms with Crippen LogP contribution in [0.1, 0.15) is 44.1 Å². The number of nitrogens with one attached hydrogen (secondary N) is 2. The number of hydrogen-bond donors (Lipinski definition) is 6. The summed E-state index contributed by atoms with van der Waals surface area (Å²) < 4.78 is 0. The van der Waals surface area contributed by atoms with Gasteiger partial charge in [-0.05, 0) is 31.2 Å². The van der Waals surface area contributed by atoms with Gasteiger partial charge < -0.3 is 37.2 Å². The molecule has 0 bridgehead atoms. The summed E-state index contributed by atoms with van der Waals surface area (Å²) in [5.74, 6) is -5.12. The summed E-state index contributed by atoms with van der Waals surface area (Å²) in [6.07, 6.45) is -0.0242. The van der Waals surface area contributed by atoms with Crippen LogP contribution in [0.15, 0.2) is 30.3 Å². The molecule has 2 rings (SSSR count). The summed E-state index contributed by atoms with van der Waals surface area (Å²) in [4.78, 5) is 73.8. The van der Waals surface area contributed by atoms with Crippen molar-refractivity contribution in [1.82, 2.24) is 15.5 Å². The molecule has 13 nitrogen and oxygen atoms in total. The van der Waals surface area contributed by atoms with Crippen LogP contribution < -0.4 is 22.1 Å². The number of carbonyl (C=O) groups excluding carboxylic acids is 4. The minimum Gasteiger partial charge on any atom is -0.481 e. The quantitative estimate of drug-likeness (QED) is 0.172. The van der Waals surface area contributed by atoms with Crippen LogP contribution >= 0.6 is 0 Å². The first-order valence-corrected chi connectivity index (χ1v) is 11.9. The first-order valence-electron chi connectivity index (χ1n) is 11.9. The molecule has 37 heavy (non-hydrogen) atoms. The molecular weight excluding hydrogens is 486 g/mol. The van der Waals surface area contributed by atoms with Crippen molar-refractivity contribution in [3.8, 4) is 0 Å². The van der Waals surface area contributed by atoms with Crippen LogP contribution in [-0.2, 0) is 35.2 Å². The first kappa shape index (κ1) is 29.2. The van der Waals surface area contributed by atoms with Crippen molar-refractivity contribution in [3.63, 3.8) is 0 Å². The number of primary amides is 1. The Bertz CT molecular complexity index is 1000. The SMILES string of the molecule is NC(=O)CCC(N)C(=O)NC(Cc1ccccc1)C(=O)N1CCCC1C(=O)NC(CCC(=O)O)C(=O)O. The maximum Gasteiger partial charge on any atom is 0.326 e. The molecule has 0 saturated carbocycles. The van der Waals surface area contributed by atoms with Crippen LogP contribution in [0.4, 0.5) is 0 Å². The summed E-state index contributed by atoms with van der Waals surface area (Å²) in [6, 6.07) is 4.30. The summed E-state index contributed by atoms with van der Waals surface area (Å²) in [7, 11) is 0. The summed E-state index contributed by atoms with van der Waals surface area (Å²) in [5.41, 5.74) is 11.7. The minimum absolute atomic E-state index is 0.00488. The molecule has 0 aromatic heterocycles. The molecule has 4 atom stereocenters. The van der Waals surface area contributed by atoms with Crippen LogP contribution in [0, 0.1) is 0 Å². The molecule has 13 heteroatoms. The largest absolute Gasteiger partial charge is 0.481 e. The lowest BCUT2D eigenvalue weighted by Crippen LogP contribution is -2.57. The van der Waals surface area contributed by atoms with Crippen molar-refractivity contribution in [3.05, 3.63) is 35.9 Å². The smallest absolute Gasteiger partial charge is 0.326 e. The summed E-state index contributed by atoms with van der Waals surface area (Å²) >= 11 is 0. The van der Waals surface area contributed by atoms with Crippen LogP contribution in [-0.4, -0.2) is 81.4 Å². The fourth-order valence-corrected chi connectivity index (χ4v) is 4.05. The van der Waals surface area contributed by atoms with Crippen molar-refractivity contribution in [1.29, 1.82) is 0 Å². The fraction of sp³-hybridized carbons (Fsp3) is 0.500. The van der Waals surface area contributed by atoms with E-state index in [0.29, 0.717) is 6.42 Å². The Balaban J connectivity index is 2.18. The molecule has 202 valence electrons. The van der Waals surface area contributed by atoms with E-state index in [1.165, 1.54) is 4.90 Å². The van der Waals surface area contributed by atoms with Crippen molar-refractivity contribution >= 4 is 35.6 Å². The van der Waals surface area contributed by atoms with E-state index in [1.807, 2.05) is 0 Å². The Hall–Kier alpha value is -4.00.